The van der Waals surface area contributed by atoms with E-state index in [1.807, 2.05) is 30.3 Å². The van der Waals surface area contributed by atoms with Crippen molar-refractivity contribution >= 4 is 27.8 Å². The molecule has 0 saturated carbocycles. The highest BCUT2D eigenvalue weighted by Gasteiger charge is 2.34. The number of benzene rings is 2. The second kappa shape index (κ2) is 9.93. The minimum absolute atomic E-state index is 0.0898. The maximum absolute atomic E-state index is 13.0. The molecule has 5 nitrogen and oxygen atoms in total. The molecular weight excluding hydrogens is 393 g/mol. The fourth-order valence-corrected chi connectivity index (χ4v) is 2.06. The monoisotopic (exact) mass is 406 g/mol. The molecule has 2 aromatic carbocycles. The molecule has 10 heteroatoms. The van der Waals surface area contributed by atoms with Crippen molar-refractivity contribution in [1.82, 2.24) is 0 Å². The molecule has 26 heavy (non-hydrogen) atoms. The second-order valence-corrected chi connectivity index (χ2v) is 5.76. The Morgan fingerprint density at radius 1 is 1.19 bits per heavy atom. The van der Waals surface area contributed by atoms with Gasteiger partial charge in [0.1, 0.15) is 6.61 Å². The van der Waals surface area contributed by atoms with Crippen molar-refractivity contribution in [3.8, 4) is 0 Å². The third-order valence-electron chi connectivity index (χ3n) is 2.95. The number of oxime groups is 1. The van der Waals surface area contributed by atoms with E-state index in [1.54, 1.807) is 0 Å². The molecule has 0 unspecified atom stereocenters. The van der Waals surface area contributed by atoms with Crippen LogP contribution >= 0.6 is 11.6 Å². The Labute approximate surface area is 154 Å². The second-order valence-electron chi connectivity index (χ2n) is 4.86. The van der Waals surface area contributed by atoms with Crippen LogP contribution in [0.15, 0.2) is 53.7 Å². The predicted octanol–water partition coefficient (Wildman–Crippen LogP) is 4.93. The molecule has 0 aliphatic heterocycles. The zero-order valence-electron chi connectivity index (χ0n) is 13.4. The van der Waals surface area contributed by atoms with Crippen LogP contribution in [0, 0.1) is 4.78 Å². The summed E-state index contributed by atoms with van der Waals surface area (Å²) in [5.41, 5.74) is 0.112. The average Bonchev–Trinajstić information content (AvgIpc) is 2.54. The van der Waals surface area contributed by atoms with E-state index < -0.39 is 22.2 Å². The van der Waals surface area contributed by atoms with Gasteiger partial charge in [-0.2, -0.15) is 26.4 Å². The minimum Gasteiger partial charge on any atom is -0.391 e. The van der Waals surface area contributed by atoms with Gasteiger partial charge in [-0.1, -0.05) is 47.1 Å². The van der Waals surface area contributed by atoms with Gasteiger partial charge in [-0.15, -0.1) is 0 Å². The summed E-state index contributed by atoms with van der Waals surface area (Å²) in [4.78, 5) is 5.12. The van der Waals surface area contributed by atoms with Gasteiger partial charge in [0.2, 0.25) is 0 Å². The summed E-state index contributed by atoms with van der Waals surface area (Å²) in [5.74, 6) is 0. The first-order chi connectivity index (χ1) is 12.1. The molecular formula is C16H14ClF3N2O3S. The lowest BCUT2D eigenvalue weighted by molar-refractivity contribution is -0.137. The molecule has 0 heterocycles. The van der Waals surface area contributed by atoms with E-state index in [0.717, 1.165) is 11.6 Å². The summed E-state index contributed by atoms with van der Waals surface area (Å²) < 4.78 is 61.8. The molecule has 2 aromatic rings. The van der Waals surface area contributed by atoms with Gasteiger partial charge in [0.25, 0.3) is 0 Å². The first-order valence-electron chi connectivity index (χ1n) is 6.99. The number of nitrogens with one attached hydrogen (secondary N) is 1. The quantitative estimate of drug-likeness (QED) is 0.577. The molecule has 0 radical (unpaired) electrons. The SMILES string of the molecule is C/C(=N\OCc1ccccc1)c1cc(Cl)ccc1C(F)(F)F.N=S(=O)=O. The highest BCUT2D eigenvalue weighted by molar-refractivity contribution is 7.60. The first kappa shape index (κ1) is 21.7. The number of rotatable bonds is 4. The summed E-state index contributed by atoms with van der Waals surface area (Å²) in [6, 6.07) is 12.6. The molecule has 1 N–H and O–H groups in total. The van der Waals surface area contributed by atoms with Crippen molar-refractivity contribution in [2.45, 2.75) is 19.7 Å². The Morgan fingerprint density at radius 2 is 1.77 bits per heavy atom. The van der Waals surface area contributed by atoms with Crippen LogP contribution in [0.1, 0.15) is 23.6 Å². The largest absolute Gasteiger partial charge is 0.417 e. The van der Waals surface area contributed by atoms with Crippen molar-refractivity contribution in [2.24, 2.45) is 5.16 Å². The smallest absolute Gasteiger partial charge is 0.391 e. The number of halogens is 4. The molecule has 140 valence electrons. The third kappa shape index (κ3) is 7.66. The van der Waals surface area contributed by atoms with Gasteiger partial charge in [0, 0.05) is 10.6 Å². The van der Waals surface area contributed by atoms with E-state index in [4.69, 9.17) is 29.6 Å². The topological polar surface area (TPSA) is 79.6 Å². The van der Waals surface area contributed by atoms with Crippen LogP contribution in [-0.4, -0.2) is 14.1 Å². The Hall–Kier alpha value is -2.39. The molecule has 0 atom stereocenters. The molecule has 2 rings (SSSR count). The number of nitrogens with zero attached hydrogens (tertiary/aromatic N) is 1. The number of hydrogen-bond donors (Lipinski definition) is 1. The Balaban J connectivity index is 0.000000765. The van der Waals surface area contributed by atoms with Gasteiger partial charge >= 0.3 is 16.7 Å². The van der Waals surface area contributed by atoms with Gasteiger partial charge in [0.05, 0.1) is 11.3 Å². The highest BCUT2D eigenvalue weighted by Crippen LogP contribution is 2.33. The molecule has 0 bridgehead atoms. The van der Waals surface area contributed by atoms with Crippen LogP contribution in [0.2, 0.25) is 5.02 Å². The van der Waals surface area contributed by atoms with Crippen LogP contribution in [-0.2, 0) is 28.1 Å². The molecule has 0 fully saturated rings. The molecule has 0 aromatic heterocycles. The van der Waals surface area contributed by atoms with Gasteiger partial charge in [0.15, 0.2) is 0 Å². The van der Waals surface area contributed by atoms with E-state index >= 15 is 0 Å². The summed E-state index contributed by atoms with van der Waals surface area (Å²) >= 11 is 5.78. The maximum atomic E-state index is 13.0. The molecule has 0 amide bonds. The van der Waals surface area contributed by atoms with Crippen molar-refractivity contribution in [2.75, 3.05) is 0 Å². The summed E-state index contributed by atoms with van der Waals surface area (Å²) in [5, 5.41) is 3.97. The highest BCUT2D eigenvalue weighted by atomic mass is 35.5. The summed E-state index contributed by atoms with van der Waals surface area (Å²) in [6.45, 7) is 1.63. The summed E-state index contributed by atoms with van der Waals surface area (Å²) in [6.07, 6.45) is -4.48. The Bertz CT molecular complexity index is 864. The van der Waals surface area contributed by atoms with Crippen molar-refractivity contribution in [3.63, 3.8) is 0 Å². The fraction of sp³-hybridized carbons (Fsp3) is 0.188. The molecule has 0 spiro atoms. The third-order valence-corrected chi connectivity index (χ3v) is 3.19. The van der Waals surface area contributed by atoms with Crippen LogP contribution in [0.4, 0.5) is 13.2 Å². The van der Waals surface area contributed by atoms with E-state index in [1.165, 1.54) is 19.1 Å². The van der Waals surface area contributed by atoms with E-state index in [9.17, 15) is 13.2 Å². The first-order valence-corrected chi connectivity index (χ1v) is 8.44. The van der Waals surface area contributed by atoms with Crippen LogP contribution in [0.3, 0.4) is 0 Å². The van der Waals surface area contributed by atoms with Gasteiger partial charge < -0.3 is 4.84 Å². The number of hydrogen-bond acceptors (Lipinski definition) is 5. The lowest BCUT2D eigenvalue weighted by Gasteiger charge is -2.12. The summed E-state index contributed by atoms with van der Waals surface area (Å²) in [7, 11) is -2.61. The predicted molar refractivity (Wildman–Crippen MR) is 91.5 cm³/mol. The van der Waals surface area contributed by atoms with Crippen LogP contribution in [0.25, 0.3) is 0 Å². The molecule has 0 aliphatic carbocycles. The average molecular weight is 407 g/mol. The number of alkyl halides is 3. The molecule has 0 saturated heterocycles. The van der Waals surface area contributed by atoms with Crippen LogP contribution in [0.5, 0.6) is 0 Å². The van der Waals surface area contributed by atoms with Gasteiger partial charge in [-0.3, -0.25) is 0 Å². The van der Waals surface area contributed by atoms with E-state index in [2.05, 4.69) is 5.16 Å². The van der Waals surface area contributed by atoms with Gasteiger partial charge in [-0.25, -0.2) is 0 Å². The lowest BCUT2D eigenvalue weighted by atomic mass is 10.0. The zero-order valence-corrected chi connectivity index (χ0v) is 15.0. The van der Waals surface area contributed by atoms with Gasteiger partial charge in [-0.05, 0) is 30.7 Å². The lowest BCUT2D eigenvalue weighted by Crippen LogP contribution is -2.12. The fourth-order valence-electron chi connectivity index (χ4n) is 1.89. The van der Waals surface area contributed by atoms with E-state index in [0.29, 0.717) is 0 Å². The van der Waals surface area contributed by atoms with Crippen molar-refractivity contribution < 1.29 is 26.4 Å². The minimum atomic E-state index is -4.48. The molecule has 0 aliphatic rings. The van der Waals surface area contributed by atoms with Crippen LogP contribution < -0.4 is 0 Å². The maximum Gasteiger partial charge on any atom is 0.417 e. The Morgan fingerprint density at radius 3 is 2.31 bits per heavy atom. The van der Waals surface area contributed by atoms with E-state index in [-0.39, 0.29) is 22.9 Å². The van der Waals surface area contributed by atoms with Crippen molar-refractivity contribution in [1.29, 1.82) is 4.78 Å². The standard InChI is InChI=1S/C16H13ClF3NO.HNO2S/c1-11(21-22-10-12-5-3-2-4-6-12)14-9-13(17)7-8-15(14)16(18,19)20;1-4(2)3/h2-9H,10H2,1H3;1H/b21-11+;. The Kier molecular flexibility index (Phi) is 8.27. The zero-order chi connectivity index (χ0) is 19.7. The normalized spacial score (nSPS) is 11.3. The van der Waals surface area contributed by atoms with Crippen molar-refractivity contribution in [3.05, 3.63) is 70.2 Å².